The van der Waals surface area contributed by atoms with Crippen molar-refractivity contribution in [3.05, 3.63) is 59.6 Å². The van der Waals surface area contributed by atoms with Gasteiger partial charge in [-0.3, -0.25) is 0 Å². The maximum atomic E-state index is 4.21. The fourth-order valence-electron chi connectivity index (χ4n) is 2.07. The molecule has 0 radical (unpaired) electrons. The van der Waals surface area contributed by atoms with Crippen molar-refractivity contribution < 1.29 is 0 Å². The SMILES string of the molecule is CCc1nnc(N=Nc2ccc(N(C)c3ccccc3)cc2)s1. The molecule has 6 heteroatoms. The second kappa shape index (κ2) is 7.11. The van der Waals surface area contributed by atoms with E-state index in [0.717, 1.165) is 28.5 Å². The Morgan fingerprint density at radius 1 is 0.913 bits per heavy atom. The van der Waals surface area contributed by atoms with Crippen LogP contribution in [0.25, 0.3) is 0 Å². The standard InChI is InChI=1S/C17H17N5S/c1-3-16-19-21-17(23-16)20-18-13-9-11-15(12-10-13)22(2)14-7-5-4-6-8-14/h4-12H,3H2,1-2H3. The number of benzene rings is 2. The molecule has 0 aliphatic heterocycles. The minimum atomic E-state index is 0.590. The molecular weight excluding hydrogens is 306 g/mol. The monoisotopic (exact) mass is 323 g/mol. The Bertz CT molecular complexity index is 780. The first-order valence-corrected chi connectivity index (χ1v) is 8.21. The number of hydrogen-bond donors (Lipinski definition) is 0. The number of rotatable bonds is 5. The molecule has 0 fully saturated rings. The molecular formula is C17H17N5S. The Labute approximate surface area is 139 Å². The maximum Gasteiger partial charge on any atom is 0.251 e. The van der Waals surface area contributed by atoms with Gasteiger partial charge in [-0.05, 0) is 42.8 Å². The van der Waals surface area contributed by atoms with Gasteiger partial charge < -0.3 is 4.90 Å². The zero-order valence-electron chi connectivity index (χ0n) is 13.0. The van der Waals surface area contributed by atoms with Crippen LogP contribution in [0, 0.1) is 0 Å². The molecule has 3 aromatic rings. The maximum absolute atomic E-state index is 4.21. The van der Waals surface area contributed by atoms with Crippen LogP contribution in [0.1, 0.15) is 11.9 Å². The normalized spacial score (nSPS) is 11.0. The van der Waals surface area contributed by atoms with Crippen molar-refractivity contribution in [1.29, 1.82) is 0 Å². The summed E-state index contributed by atoms with van der Waals surface area (Å²) in [6.07, 6.45) is 0.869. The van der Waals surface area contributed by atoms with Crippen LogP contribution in [0.4, 0.5) is 22.2 Å². The Balaban J connectivity index is 1.72. The first-order chi connectivity index (χ1) is 11.3. The minimum Gasteiger partial charge on any atom is -0.345 e. The van der Waals surface area contributed by atoms with Crippen LogP contribution in [0.2, 0.25) is 0 Å². The number of para-hydroxylation sites is 1. The number of aromatic nitrogens is 2. The lowest BCUT2D eigenvalue weighted by Crippen LogP contribution is -2.08. The average molecular weight is 323 g/mol. The second-order valence-corrected chi connectivity index (χ2v) is 5.98. The lowest BCUT2D eigenvalue weighted by atomic mass is 10.2. The van der Waals surface area contributed by atoms with Gasteiger partial charge in [-0.25, -0.2) is 0 Å². The summed E-state index contributed by atoms with van der Waals surface area (Å²) < 4.78 is 0. The van der Waals surface area contributed by atoms with E-state index in [4.69, 9.17) is 0 Å². The van der Waals surface area contributed by atoms with Crippen LogP contribution in [-0.2, 0) is 6.42 Å². The molecule has 23 heavy (non-hydrogen) atoms. The van der Waals surface area contributed by atoms with Crippen LogP contribution in [-0.4, -0.2) is 17.2 Å². The van der Waals surface area contributed by atoms with E-state index in [2.05, 4.69) is 37.5 Å². The summed E-state index contributed by atoms with van der Waals surface area (Å²) >= 11 is 1.47. The Morgan fingerprint density at radius 3 is 2.26 bits per heavy atom. The third-order valence-electron chi connectivity index (χ3n) is 3.39. The summed E-state index contributed by atoms with van der Waals surface area (Å²) in [7, 11) is 2.04. The number of aryl methyl sites for hydroxylation is 1. The smallest absolute Gasteiger partial charge is 0.251 e. The number of nitrogens with zero attached hydrogens (tertiary/aromatic N) is 5. The van der Waals surface area contributed by atoms with Gasteiger partial charge >= 0.3 is 0 Å². The summed E-state index contributed by atoms with van der Waals surface area (Å²) in [5.41, 5.74) is 3.03. The van der Waals surface area contributed by atoms with Crippen LogP contribution >= 0.6 is 11.3 Å². The quantitative estimate of drug-likeness (QED) is 0.600. The van der Waals surface area contributed by atoms with Gasteiger partial charge in [-0.2, -0.15) is 0 Å². The predicted octanol–water partition coefficient (Wildman–Crippen LogP) is 5.28. The molecule has 3 rings (SSSR count). The largest absolute Gasteiger partial charge is 0.345 e. The lowest BCUT2D eigenvalue weighted by Gasteiger charge is -2.19. The van der Waals surface area contributed by atoms with Gasteiger partial charge in [-0.1, -0.05) is 36.5 Å². The molecule has 0 aliphatic rings. The minimum absolute atomic E-state index is 0.590. The van der Waals surface area contributed by atoms with Crippen LogP contribution in [0.5, 0.6) is 0 Å². The van der Waals surface area contributed by atoms with Crippen molar-refractivity contribution in [3.63, 3.8) is 0 Å². The van der Waals surface area contributed by atoms with E-state index in [0.29, 0.717) is 5.13 Å². The van der Waals surface area contributed by atoms with Crippen molar-refractivity contribution >= 4 is 33.5 Å². The van der Waals surface area contributed by atoms with E-state index >= 15 is 0 Å². The molecule has 5 nitrogen and oxygen atoms in total. The Hall–Kier alpha value is -2.60. The summed E-state index contributed by atoms with van der Waals surface area (Å²) in [6.45, 7) is 2.05. The van der Waals surface area contributed by atoms with E-state index in [1.165, 1.54) is 11.3 Å². The first-order valence-electron chi connectivity index (χ1n) is 7.39. The fraction of sp³-hybridized carbons (Fsp3) is 0.176. The van der Waals surface area contributed by atoms with Gasteiger partial charge in [0.1, 0.15) is 5.01 Å². The molecule has 2 aromatic carbocycles. The molecule has 0 saturated carbocycles. The average Bonchev–Trinajstić information content (AvgIpc) is 3.09. The van der Waals surface area contributed by atoms with E-state index < -0.39 is 0 Å². The van der Waals surface area contributed by atoms with Gasteiger partial charge in [0.25, 0.3) is 5.13 Å². The zero-order valence-corrected chi connectivity index (χ0v) is 13.9. The number of anilines is 2. The molecule has 0 unspecified atom stereocenters. The van der Waals surface area contributed by atoms with Gasteiger partial charge in [0.15, 0.2) is 0 Å². The van der Waals surface area contributed by atoms with Gasteiger partial charge in [0, 0.05) is 18.4 Å². The summed E-state index contributed by atoms with van der Waals surface area (Å²) in [5.74, 6) is 0. The van der Waals surface area contributed by atoms with Crippen molar-refractivity contribution in [2.45, 2.75) is 13.3 Å². The number of hydrogen-bond acceptors (Lipinski definition) is 6. The van der Waals surface area contributed by atoms with E-state index in [1.807, 2.05) is 56.4 Å². The first kappa shape index (κ1) is 15.3. The van der Waals surface area contributed by atoms with Crippen LogP contribution in [0.3, 0.4) is 0 Å². The fourth-order valence-corrected chi connectivity index (χ4v) is 2.67. The van der Waals surface area contributed by atoms with Crippen molar-refractivity contribution in [2.24, 2.45) is 10.2 Å². The summed E-state index contributed by atoms with van der Waals surface area (Å²) in [6, 6.07) is 18.2. The lowest BCUT2D eigenvalue weighted by molar-refractivity contribution is 0.974. The molecule has 0 bridgehead atoms. The summed E-state index contributed by atoms with van der Waals surface area (Å²) in [4.78, 5) is 2.12. The van der Waals surface area contributed by atoms with Crippen molar-refractivity contribution in [3.8, 4) is 0 Å². The van der Waals surface area contributed by atoms with Crippen LogP contribution in [0.15, 0.2) is 64.8 Å². The molecule has 1 aromatic heterocycles. The highest BCUT2D eigenvalue weighted by molar-refractivity contribution is 7.14. The Morgan fingerprint density at radius 2 is 1.61 bits per heavy atom. The van der Waals surface area contributed by atoms with Crippen LogP contribution < -0.4 is 4.90 Å². The van der Waals surface area contributed by atoms with Gasteiger partial charge in [-0.15, -0.1) is 20.4 Å². The molecule has 0 aliphatic carbocycles. The van der Waals surface area contributed by atoms with Gasteiger partial charge in [0.05, 0.1) is 5.69 Å². The van der Waals surface area contributed by atoms with Crippen molar-refractivity contribution in [2.75, 3.05) is 11.9 Å². The number of azo groups is 1. The van der Waals surface area contributed by atoms with E-state index in [9.17, 15) is 0 Å². The highest BCUT2D eigenvalue weighted by atomic mass is 32.1. The van der Waals surface area contributed by atoms with Crippen molar-refractivity contribution in [1.82, 2.24) is 10.2 Å². The topological polar surface area (TPSA) is 53.7 Å². The molecule has 1 heterocycles. The van der Waals surface area contributed by atoms with E-state index in [-0.39, 0.29) is 0 Å². The highest BCUT2D eigenvalue weighted by Gasteiger charge is 2.03. The molecule has 0 spiro atoms. The molecule has 116 valence electrons. The van der Waals surface area contributed by atoms with Gasteiger partial charge in [0.2, 0.25) is 0 Å². The highest BCUT2D eigenvalue weighted by Crippen LogP contribution is 2.27. The van der Waals surface area contributed by atoms with E-state index in [1.54, 1.807) is 0 Å². The third kappa shape index (κ3) is 3.78. The molecule has 0 amide bonds. The molecule has 0 N–H and O–H groups in total. The predicted molar refractivity (Wildman–Crippen MR) is 94.4 cm³/mol. The molecule has 0 atom stereocenters. The third-order valence-corrected chi connectivity index (χ3v) is 4.34. The summed E-state index contributed by atoms with van der Waals surface area (Å²) in [5, 5.41) is 17.9. The Kier molecular flexibility index (Phi) is 4.73. The zero-order chi connectivity index (χ0) is 16.1. The molecule has 0 saturated heterocycles. The second-order valence-electron chi connectivity index (χ2n) is 4.94.